The number of amides is 2. The summed E-state index contributed by atoms with van der Waals surface area (Å²) >= 11 is 0. The number of rotatable bonds is 0. The number of hydrogen-bond donors (Lipinski definition) is 1. The lowest BCUT2D eigenvalue weighted by atomic mass is 10.1. The SMILES string of the molecule is C=C1CCN(C(=O)NC(C)(C)C)CC1. The van der Waals surface area contributed by atoms with E-state index < -0.39 is 0 Å². The van der Waals surface area contributed by atoms with E-state index in [9.17, 15) is 4.79 Å². The maximum absolute atomic E-state index is 11.7. The van der Waals surface area contributed by atoms with Crippen LogP contribution in [0.25, 0.3) is 0 Å². The van der Waals surface area contributed by atoms with E-state index in [0.29, 0.717) is 0 Å². The van der Waals surface area contributed by atoms with Gasteiger partial charge in [0, 0.05) is 18.6 Å². The van der Waals surface area contributed by atoms with Crippen molar-refractivity contribution in [1.29, 1.82) is 0 Å². The molecule has 3 nitrogen and oxygen atoms in total. The minimum absolute atomic E-state index is 0.0463. The summed E-state index contributed by atoms with van der Waals surface area (Å²) in [5, 5.41) is 2.96. The number of carbonyl (C=O) groups is 1. The Kier molecular flexibility index (Phi) is 3.19. The van der Waals surface area contributed by atoms with Crippen molar-refractivity contribution in [2.24, 2.45) is 0 Å². The van der Waals surface area contributed by atoms with Crippen molar-refractivity contribution >= 4 is 6.03 Å². The zero-order valence-corrected chi connectivity index (χ0v) is 9.39. The highest BCUT2D eigenvalue weighted by molar-refractivity contribution is 5.75. The maximum atomic E-state index is 11.7. The molecule has 0 bridgehead atoms. The molecule has 1 aliphatic heterocycles. The summed E-state index contributed by atoms with van der Waals surface area (Å²) in [5.41, 5.74) is 1.11. The van der Waals surface area contributed by atoms with Gasteiger partial charge < -0.3 is 10.2 Å². The highest BCUT2D eigenvalue weighted by Crippen LogP contribution is 2.14. The molecule has 0 aromatic carbocycles. The van der Waals surface area contributed by atoms with Crippen molar-refractivity contribution in [2.45, 2.75) is 39.2 Å². The first-order valence-corrected chi connectivity index (χ1v) is 5.12. The van der Waals surface area contributed by atoms with E-state index in [1.807, 2.05) is 25.7 Å². The third-order valence-corrected chi connectivity index (χ3v) is 2.24. The van der Waals surface area contributed by atoms with E-state index in [0.717, 1.165) is 25.9 Å². The Morgan fingerprint density at radius 1 is 1.36 bits per heavy atom. The first kappa shape index (κ1) is 11.1. The molecule has 0 spiro atoms. The summed E-state index contributed by atoms with van der Waals surface area (Å²) in [6.45, 7) is 11.5. The van der Waals surface area contributed by atoms with Gasteiger partial charge in [-0.2, -0.15) is 0 Å². The minimum Gasteiger partial charge on any atom is -0.333 e. The molecule has 2 amide bonds. The van der Waals surface area contributed by atoms with Crippen molar-refractivity contribution < 1.29 is 4.79 Å². The van der Waals surface area contributed by atoms with Gasteiger partial charge in [0.1, 0.15) is 0 Å². The van der Waals surface area contributed by atoms with E-state index in [1.165, 1.54) is 5.57 Å². The van der Waals surface area contributed by atoms with Gasteiger partial charge in [0.15, 0.2) is 0 Å². The van der Waals surface area contributed by atoms with Crippen LogP contribution in [0.15, 0.2) is 12.2 Å². The average molecular weight is 196 g/mol. The largest absolute Gasteiger partial charge is 0.333 e. The zero-order chi connectivity index (χ0) is 10.8. The monoisotopic (exact) mass is 196 g/mol. The van der Waals surface area contributed by atoms with Crippen LogP contribution in [-0.2, 0) is 0 Å². The van der Waals surface area contributed by atoms with Crippen LogP contribution in [0.4, 0.5) is 4.79 Å². The fraction of sp³-hybridized carbons (Fsp3) is 0.727. The number of hydrogen-bond acceptors (Lipinski definition) is 1. The van der Waals surface area contributed by atoms with Gasteiger partial charge in [-0.3, -0.25) is 0 Å². The van der Waals surface area contributed by atoms with Crippen molar-refractivity contribution in [2.75, 3.05) is 13.1 Å². The molecule has 0 atom stereocenters. The number of nitrogens with one attached hydrogen (secondary N) is 1. The molecule has 3 heteroatoms. The van der Waals surface area contributed by atoms with Gasteiger partial charge in [0.25, 0.3) is 0 Å². The van der Waals surface area contributed by atoms with E-state index in [1.54, 1.807) is 0 Å². The normalized spacial score (nSPS) is 18.2. The first-order valence-electron chi connectivity index (χ1n) is 5.12. The van der Waals surface area contributed by atoms with Crippen molar-refractivity contribution in [3.8, 4) is 0 Å². The molecule has 1 rings (SSSR count). The standard InChI is InChI=1S/C11H20N2O/c1-9-5-7-13(8-6-9)10(14)12-11(2,3)4/h1,5-8H2,2-4H3,(H,12,14). The molecule has 1 fully saturated rings. The lowest BCUT2D eigenvalue weighted by Gasteiger charge is -2.31. The summed E-state index contributed by atoms with van der Waals surface area (Å²) in [6.07, 6.45) is 1.88. The molecule has 0 aromatic heterocycles. The Balaban J connectivity index is 2.42. The number of carbonyl (C=O) groups excluding carboxylic acids is 1. The molecule has 1 N–H and O–H groups in total. The molecule has 1 aliphatic rings. The summed E-state index contributed by atoms with van der Waals surface area (Å²) in [6, 6.07) is 0.0463. The van der Waals surface area contributed by atoms with Crippen LogP contribution < -0.4 is 5.32 Å². The molecule has 1 saturated heterocycles. The van der Waals surface area contributed by atoms with E-state index >= 15 is 0 Å². The second-order valence-electron chi connectivity index (χ2n) is 4.92. The molecule has 0 radical (unpaired) electrons. The van der Waals surface area contributed by atoms with E-state index in [4.69, 9.17) is 0 Å². The fourth-order valence-electron chi connectivity index (χ4n) is 1.43. The molecule has 0 aliphatic carbocycles. The Morgan fingerprint density at radius 2 is 1.86 bits per heavy atom. The van der Waals surface area contributed by atoms with Crippen LogP contribution in [0.5, 0.6) is 0 Å². The molecule has 14 heavy (non-hydrogen) atoms. The van der Waals surface area contributed by atoms with Crippen LogP contribution in [0.1, 0.15) is 33.6 Å². The van der Waals surface area contributed by atoms with Gasteiger partial charge in [0.05, 0.1) is 0 Å². The smallest absolute Gasteiger partial charge is 0.317 e. The number of nitrogens with zero attached hydrogens (tertiary/aromatic N) is 1. The maximum Gasteiger partial charge on any atom is 0.317 e. The zero-order valence-electron chi connectivity index (χ0n) is 9.39. The Labute approximate surface area is 86.2 Å². The van der Waals surface area contributed by atoms with E-state index in [-0.39, 0.29) is 11.6 Å². The highest BCUT2D eigenvalue weighted by atomic mass is 16.2. The summed E-state index contributed by atoms with van der Waals surface area (Å²) in [5.74, 6) is 0. The average Bonchev–Trinajstić information content (AvgIpc) is 2.02. The van der Waals surface area contributed by atoms with Crippen LogP contribution in [0, 0.1) is 0 Å². The molecule has 1 heterocycles. The predicted molar refractivity (Wildman–Crippen MR) is 58.2 cm³/mol. The van der Waals surface area contributed by atoms with Crippen molar-refractivity contribution in [3.05, 3.63) is 12.2 Å². The quantitative estimate of drug-likeness (QED) is 0.591. The number of likely N-dealkylation sites (tertiary alicyclic amines) is 1. The van der Waals surface area contributed by atoms with Crippen LogP contribution in [0.3, 0.4) is 0 Å². The Morgan fingerprint density at radius 3 is 2.29 bits per heavy atom. The third-order valence-electron chi connectivity index (χ3n) is 2.24. The van der Waals surface area contributed by atoms with Gasteiger partial charge in [-0.1, -0.05) is 12.2 Å². The van der Waals surface area contributed by atoms with Gasteiger partial charge >= 0.3 is 6.03 Å². The lowest BCUT2D eigenvalue weighted by molar-refractivity contribution is 0.185. The van der Waals surface area contributed by atoms with Gasteiger partial charge in [-0.05, 0) is 33.6 Å². The molecular formula is C11H20N2O. The summed E-state index contributed by atoms with van der Waals surface area (Å²) in [4.78, 5) is 13.6. The molecule has 0 unspecified atom stereocenters. The number of piperidine rings is 1. The predicted octanol–water partition coefficient (Wildman–Crippen LogP) is 2.15. The topological polar surface area (TPSA) is 32.3 Å². The Bertz CT molecular complexity index is 230. The second-order valence-corrected chi connectivity index (χ2v) is 4.92. The highest BCUT2D eigenvalue weighted by Gasteiger charge is 2.21. The molecular weight excluding hydrogens is 176 g/mol. The van der Waals surface area contributed by atoms with Crippen LogP contribution in [0.2, 0.25) is 0 Å². The van der Waals surface area contributed by atoms with Crippen LogP contribution in [-0.4, -0.2) is 29.6 Å². The number of urea groups is 1. The second kappa shape index (κ2) is 4.03. The van der Waals surface area contributed by atoms with Gasteiger partial charge in [0.2, 0.25) is 0 Å². The Hall–Kier alpha value is -0.990. The van der Waals surface area contributed by atoms with Crippen LogP contribution >= 0.6 is 0 Å². The molecule has 80 valence electrons. The first-order chi connectivity index (χ1) is 6.38. The summed E-state index contributed by atoms with van der Waals surface area (Å²) < 4.78 is 0. The van der Waals surface area contributed by atoms with Crippen molar-refractivity contribution in [3.63, 3.8) is 0 Å². The van der Waals surface area contributed by atoms with E-state index in [2.05, 4.69) is 11.9 Å². The molecule has 0 aromatic rings. The third kappa shape index (κ3) is 3.40. The lowest BCUT2D eigenvalue weighted by Crippen LogP contribution is -2.50. The van der Waals surface area contributed by atoms with Gasteiger partial charge in [-0.25, -0.2) is 4.79 Å². The fourth-order valence-corrected chi connectivity index (χ4v) is 1.43. The van der Waals surface area contributed by atoms with Gasteiger partial charge in [-0.15, -0.1) is 0 Å². The summed E-state index contributed by atoms with van der Waals surface area (Å²) in [7, 11) is 0. The molecule has 0 saturated carbocycles. The minimum atomic E-state index is -0.147. The van der Waals surface area contributed by atoms with Crippen molar-refractivity contribution in [1.82, 2.24) is 10.2 Å².